The van der Waals surface area contributed by atoms with Crippen molar-refractivity contribution in [2.24, 2.45) is 11.5 Å². The predicted molar refractivity (Wildman–Crippen MR) is 115 cm³/mol. The number of pyridine rings is 1. The highest BCUT2D eigenvalue weighted by atomic mass is 19.4. The summed E-state index contributed by atoms with van der Waals surface area (Å²) in [6.45, 7) is -0.0758. The van der Waals surface area contributed by atoms with Crippen LogP contribution in [0.15, 0.2) is 54.7 Å². The number of nitrogens with two attached hydrogens (primary N) is 2. The maximum atomic E-state index is 14.0. The van der Waals surface area contributed by atoms with Crippen LogP contribution in [0.4, 0.5) is 13.2 Å². The third kappa shape index (κ3) is 4.04. The molecule has 0 radical (unpaired) electrons. The van der Waals surface area contributed by atoms with Crippen molar-refractivity contribution in [3.05, 3.63) is 82.8 Å². The van der Waals surface area contributed by atoms with Gasteiger partial charge in [-0.3, -0.25) is 14.3 Å². The van der Waals surface area contributed by atoms with Gasteiger partial charge in [0.25, 0.3) is 5.91 Å². The van der Waals surface area contributed by atoms with Gasteiger partial charge in [0, 0.05) is 22.7 Å². The van der Waals surface area contributed by atoms with Crippen LogP contribution in [0.5, 0.6) is 0 Å². The van der Waals surface area contributed by atoms with E-state index in [-0.39, 0.29) is 23.0 Å². The Kier molecular flexibility index (Phi) is 5.50. The van der Waals surface area contributed by atoms with Crippen molar-refractivity contribution < 1.29 is 22.8 Å². The van der Waals surface area contributed by atoms with E-state index in [2.05, 4.69) is 10.1 Å². The number of nitrogens with zero attached hydrogens (tertiary/aromatic N) is 4. The summed E-state index contributed by atoms with van der Waals surface area (Å²) in [5.41, 5.74) is 8.96. The number of halogens is 3. The van der Waals surface area contributed by atoms with Crippen molar-refractivity contribution in [3.8, 4) is 17.2 Å². The topological polar surface area (TPSA) is 141 Å². The monoisotopic (exact) mass is 464 g/mol. The highest BCUT2D eigenvalue weighted by Gasteiger charge is 2.40. The molecule has 0 aliphatic carbocycles. The van der Waals surface area contributed by atoms with Crippen molar-refractivity contribution in [1.29, 1.82) is 5.26 Å². The van der Waals surface area contributed by atoms with Crippen molar-refractivity contribution in [3.63, 3.8) is 0 Å². The first-order valence-corrected chi connectivity index (χ1v) is 9.76. The molecule has 2 aromatic carbocycles. The zero-order valence-corrected chi connectivity index (χ0v) is 17.3. The molecule has 0 unspecified atom stereocenters. The van der Waals surface area contributed by atoms with Gasteiger partial charge >= 0.3 is 6.18 Å². The Hall–Kier alpha value is -4.72. The van der Waals surface area contributed by atoms with Crippen LogP contribution in [-0.4, -0.2) is 26.6 Å². The van der Waals surface area contributed by atoms with Gasteiger partial charge in [0.1, 0.15) is 5.69 Å². The molecule has 0 fully saturated rings. The van der Waals surface area contributed by atoms with Crippen molar-refractivity contribution >= 4 is 22.7 Å². The van der Waals surface area contributed by atoms with Gasteiger partial charge in [0.2, 0.25) is 5.91 Å². The Labute approximate surface area is 190 Å². The van der Waals surface area contributed by atoms with Crippen LogP contribution in [0, 0.1) is 11.3 Å². The third-order valence-corrected chi connectivity index (χ3v) is 5.10. The fraction of sp³-hybridized carbons (Fsp3) is 0.0870. The molecular formula is C23H15F3N6O2. The minimum absolute atomic E-state index is 0.0758. The molecule has 0 saturated heterocycles. The number of carbonyl (C=O) groups is 2. The van der Waals surface area contributed by atoms with E-state index in [0.717, 1.165) is 10.9 Å². The quantitative estimate of drug-likeness (QED) is 0.467. The van der Waals surface area contributed by atoms with Crippen molar-refractivity contribution in [1.82, 2.24) is 14.8 Å². The lowest BCUT2D eigenvalue weighted by atomic mass is 9.93. The minimum atomic E-state index is -4.93. The first-order chi connectivity index (χ1) is 16.1. The van der Waals surface area contributed by atoms with Gasteiger partial charge in [-0.1, -0.05) is 30.3 Å². The van der Waals surface area contributed by atoms with E-state index in [4.69, 9.17) is 16.7 Å². The first-order valence-electron chi connectivity index (χ1n) is 9.76. The second-order valence-electron chi connectivity index (χ2n) is 7.35. The number of hydrogen-bond acceptors (Lipinski definition) is 5. The number of fused-ring (bicyclic) bond motifs is 1. The second kappa shape index (κ2) is 8.32. The first kappa shape index (κ1) is 22.5. The van der Waals surface area contributed by atoms with Gasteiger partial charge in [-0.15, -0.1) is 0 Å². The van der Waals surface area contributed by atoms with E-state index in [1.165, 1.54) is 24.3 Å². The van der Waals surface area contributed by atoms with Crippen LogP contribution >= 0.6 is 0 Å². The summed E-state index contributed by atoms with van der Waals surface area (Å²) in [4.78, 5) is 28.7. The predicted octanol–water partition coefficient (Wildman–Crippen LogP) is 3.23. The fourth-order valence-electron chi connectivity index (χ4n) is 3.67. The molecule has 0 aliphatic heterocycles. The number of primary amides is 2. The van der Waals surface area contributed by atoms with Gasteiger partial charge in [-0.25, -0.2) is 4.98 Å². The van der Waals surface area contributed by atoms with E-state index in [1.54, 1.807) is 24.3 Å². The molecule has 0 atom stereocenters. The number of para-hydroxylation sites is 1. The summed E-state index contributed by atoms with van der Waals surface area (Å²) in [6.07, 6.45) is -3.87. The number of amides is 2. The Morgan fingerprint density at radius 1 is 1.03 bits per heavy atom. The van der Waals surface area contributed by atoms with E-state index in [1.807, 2.05) is 6.07 Å². The average molecular weight is 464 g/mol. The van der Waals surface area contributed by atoms with Crippen molar-refractivity contribution in [2.75, 3.05) is 0 Å². The Bertz CT molecular complexity index is 1480. The van der Waals surface area contributed by atoms with Gasteiger partial charge in [0.05, 0.1) is 29.3 Å². The number of benzene rings is 2. The van der Waals surface area contributed by atoms with Crippen LogP contribution in [0.2, 0.25) is 0 Å². The zero-order chi connectivity index (χ0) is 24.6. The maximum absolute atomic E-state index is 14.0. The van der Waals surface area contributed by atoms with Crippen LogP contribution in [-0.2, 0) is 12.7 Å². The number of rotatable bonds is 5. The van der Waals surface area contributed by atoms with E-state index < -0.39 is 40.5 Å². The number of carbonyl (C=O) groups excluding carboxylic acids is 2. The Morgan fingerprint density at radius 2 is 1.71 bits per heavy atom. The lowest BCUT2D eigenvalue weighted by molar-refractivity contribution is -0.141. The molecule has 170 valence electrons. The molecule has 34 heavy (non-hydrogen) atoms. The number of nitriles is 1. The molecule has 0 spiro atoms. The van der Waals surface area contributed by atoms with Crippen LogP contribution < -0.4 is 11.5 Å². The molecule has 11 heteroatoms. The molecule has 0 saturated carbocycles. The molecule has 0 aliphatic rings. The molecule has 4 N–H and O–H groups in total. The number of hydrogen-bond donors (Lipinski definition) is 2. The van der Waals surface area contributed by atoms with Crippen LogP contribution in [0.3, 0.4) is 0 Å². The summed E-state index contributed by atoms with van der Waals surface area (Å²) in [7, 11) is 0. The summed E-state index contributed by atoms with van der Waals surface area (Å²) in [5.74, 6) is -2.18. The molecule has 8 nitrogen and oxygen atoms in total. The molecule has 4 rings (SSSR count). The minimum Gasteiger partial charge on any atom is -0.366 e. The molecular weight excluding hydrogens is 449 g/mol. The summed E-state index contributed by atoms with van der Waals surface area (Å²) in [6, 6.07) is 14.2. The second-order valence-corrected chi connectivity index (χ2v) is 7.35. The van der Waals surface area contributed by atoms with Crippen LogP contribution in [0.1, 0.15) is 37.7 Å². The normalized spacial score (nSPS) is 11.4. The molecule has 2 aromatic heterocycles. The standard InChI is InChI=1S/C23H15F3N6O2/c24-23(25,26)20-15(11-32(31-20)10-13-7-5-12(9-27)6-8-13)17-18(21(28)33)14-3-1-2-4-16(14)30-19(17)22(29)34/h1-8,11H,10H2,(H2,28,33)(H2,29,34). The average Bonchev–Trinajstić information content (AvgIpc) is 3.22. The van der Waals surface area contributed by atoms with Crippen molar-refractivity contribution in [2.45, 2.75) is 12.7 Å². The van der Waals surface area contributed by atoms with Gasteiger partial charge in [0.15, 0.2) is 5.69 Å². The van der Waals surface area contributed by atoms with E-state index in [0.29, 0.717) is 11.1 Å². The molecule has 0 bridgehead atoms. The van der Waals surface area contributed by atoms with Gasteiger partial charge in [-0.05, 0) is 23.8 Å². The smallest absolute Gasteiger partial charge is 0.366 e. The van der Waals surface area contributed by atoms with Gasteiger partial charge in [-0.2, -0.15) is 23.5 Å². The summed E-state index contributed by atoms with van der Waals surface area (Å²) >= 11 is 0. The van der Waals surface area contributed by atoms with E-state index in [9.17, 15) is 22.8 Å². The zero-order valence-electron chi connectivity index (χ0n) is 17.3. The highest BCUT2D eigenvalue weighted by Crippen LogP contribution is 2.40. The third-order valence-electron chi connectivity index (χ3n) is 5.10. The number of alkyl halides is 3. The molecule has 4 aromatic rings. The molecule has 2 amide bonds. The van der Waals surface area contributed by atoms with Gasteiger partial charge < -0.3 is 11.5 Å². The number of aromatic nitrogens is 3. The lowest BCUT2D eigenvalue weighted by Crippen LogP contribution is -2.21. The maximum Gasteiger partial charge on any atom is 0.435 e. The summed E-state index contributed by atoms with van der Waals surface area (Å²) < 4.78 is 43.0. The van der Waals surface area contributed by atoms with Crippen LogP contribution in [0.25, 0.3) is 22.0 Å². The largest absolute Gasteiger partial charge is 0.435 e. The fourth-order valence-corrected chi connectivity index (χ4v) is 3.67. The summed E-state index contributed by atoms with van der Waals surface area (Å²) in [5, 5.41) is 12.8. The van der Waals surface area contributed by atoms with E-state index >= 15 is 0 Å². The SMILES string of the molecule is N#Cc1ccc(Cn2cc(-c3c(C(N)=O)nc4ccccc4c3C(N)=O)c(C(F)(F)F)n2)cc1. The molecule has 2 heterocycles. The lowest BCUT2D eigenvalue weighted by Gasteiger charge is -2.14. The Morgan fingerprint density at radius 3 is 2.29 bits per heavy atom. The highest BCUT2D eigenvalue weighted by molar-refractivity contribution is 6.15. The Balaban J connectivity index is 1.99.